The molecular weight excluding hydrogens is 232 g/mol. The third kappa shape index (κ3) is 2.63. The zero-order valence-corrected chi connectivity index (χ0v) is 11.3. The van der Waals surface area contributed by atoms with E-state index in [9.17, 15) is 4.79 Å². The van der Waals surface area contributed by atoms with Gasteiger partial charge in [0.2, 0.25) is 0 Å². The van der Waals surface area contributed by atoms with Crippen molar-refractivity contribution in [3.05, 3.63) is 10.4 Å². The highest BCUT2D eigenvalue weighted by Gasteiger charge is 2.32. The number of carbonyl (C=O) groups excluding carboxylic acids is 1. The van der Waals surface area contributed by atoms with Crippen molar-refractivity contribution in [3.8, 4) is 0 Å². The van der Waals surface area contributed by atoms with Gasteiger partial charge in [0.25, 0.3) is 0 Å². The number of hydrogen-bond donors (Lipinski definition) is 2. The SMILES string of the molecule is CCCCNc1sc(C(C)=O)c(N)c1C1CC1. The van der Waals surface area contributed by atoms with Crippen molar-refractivity contribution in [3.63, 3.8) is 0 Å². The number of anilines is 2. The van der Waals surface area contributed by atoms with Crippen molar-refractivity contribution < 1.29 is 4.79 Å². The summed E-state index contributed by atoms with van der Waals surface area (Å²) in [6.07, 6.45) is 4.74. The fourth-order valence-electron chi connectivity index (χ4n) is 2.01. The van der Waals surface area contributed by atoms with Crippen LogP contribution in [0.1, 0.15) is 60.7 Å². The first-order valence-corrected chi connectivity index (χ1v) is 7.13. The van der Waals surface area contributed by atoms with E-state index in [4.69, 9.17) is 5.73 Å². The van der Waals surface area contributed by atoms with Gasteiger partial charge in [-0.25, -0.2) is 0 Å². The number of hydrogen-bond acceptors (Lipinski definition) is 4. The number of nitrogens with one attached hydrogen (secondary N) is 1. The molecule has 0 unspecified atom stereocenters. The van der Waals surface area contributed by atoms with Gasteiger partial charge < -0.3 is 11.1 Å². The van der Waals surface area contributed by atoms with Crippen molar-refractivity contribution in [1.29, 1.82) is 0 Å². The Morgan fingerprint density at radius 3 is 2.76 bits per heavy atom. The van der Waals surface area contributed by atoms with E-state index in [2.05, 4.69) is 12.2 Å². The van der Waals surface area contributed by atoms with Crippen LogP contribution >= 0.6 is 11.3 Å². The van der Waals surface area contributed by atoms with Crippen LogP contribution in [0.5, 0.6) is 0 Å². The van der Waals surface area contributed by atoms with Crippen molar-refractivity contribution in [2.45, 2.75) is 45.4 Å². The summed E-state index contributed by atoms with van der Waals surface area (Å²) in [5.74, 6) is 0.668. The van der Waals surface area contributed by atoms with Crippen LogP contribution in [0.15, 0.2) is 0 Å². The monoisotopic (exact) mass is 252 g/mol. The first-order chi connectivity index (χ1) is 8.15. The summed E-state index contributed by atoms with van der Waals surface area (Å²) in [6.45, 7) is 4.73. The van der Waals surface area contributed by atoms with Gasteiger partial charge in [-0.15, -0.1) is 11.3 Å². The average Bonchev–Trinajstić information content (AvgIpc) is 3.04. The molecule has 1 aromatic heterocycles. The lowest BCUT2D eigenvalue weighted by Gasteiger charge is -2.06. The lowest BCUT2D eigenvalue weighted by Crippen LogP contribution is -2.02. The molecule has 1 fully saturated rings. The minimum absolute atomic E-state index is 0.0814. The summed E-state index contributed by atoms with van der Waals surface area (Å²) in [7, 11) is 0. The Morgan fingerprint density at radius 2 is 2.24 bits per heavy atom. The van der Waals surface area contributed by atoms with Crippen molar-refractivity contribution in [1.82, 2.24) is 0 Å². The molecule has 0 amide bonds. The predicted molar refractivity (Wildman–Crippen MR) is 74.1 cm³/mol. The van der Waals surface area contributed by atoms with Crippen LogP contribution in [0.3, 0.4) is 0 Å². The van der Waals surface area contributed by atoms with Gasteiger partial charge in [0.05, 0.1) is 15.6 Å². The van der Waals surface area contributed by atoms with Crippen molar-refractivity contribution in [2.75, 3.05) is 17.6 Å². The van der Waals surface area contributed by atoms with E-state index in [1.165, 1.54) is 36.2 Å². The summed E-state index contributed by atoms with van der Waals surface area (Å²) in [4.78, 5) is 12.2. The lowest BCUT2D eigenvalue weighted by molar-refractivity contribution is 0.102. The van der Waals surface area contributed by atoms with Crippen LogP contribution in [0.25, 0.3) is 0 Å². The molecule has 0 saturated heterocycles. The van der Waals surface area contributed by atoms with Crippen molar-refractivity contribution in [2.24, 2.45) is 0 Å². The van der Waals surface area contributed by atoms with E-state index in [0.29, 0.717) is 5.92 Å². The van der Waals surface area contributed by atoms with Gasteiger partial charge in [-0.3, -0.25) is 4.79 Å². The van der Waals surface area contributed by atoms with E-state index >= 15 is 0 Å². The molecule has 1 saturated carbocycles. The van der Waals surface area contributed by atoms with E-state index in [1.807, 2.05) is 0 Å². The minimum atomic E-state index is 0.0814. The zero-order chi connectivity index (χ0) is 12.4. The van der Waals surface area contributed by atoms with Crippen LogP contribution in [0.4, 0.5) is 10.7 Å². The average molecular weight is 252 g/mol. The van der Waals surface area contributed by atoms with E-state index in [-0.39, 0.29) is 5.78 Å². The molecule has 0 radical (unpaired) electrons. The molecule has 3 N–H and O–H groups in total. The maximum absolute atomic E-state index is 11.5. The zero-order valence-electron chi connectivity index (χ0n) is 10.5. The summed E-state index contributed by atoms with van der Waals surface area (Å²) in [5.41, 5.74) is 8.03. The summed E-state index contributed by atoms with van der Waals surface area (Å²) in [5, 5.41) is 4.57. The number of Topliss-reactive ketones (excluding diaryl/α,β-unsaturated/α-hetero) is 1. The van der Waals surface area contributed by atoms with Gasteiger partial charge in [-0.2, -0.15) is 0 Å². The Morgan fingerprint density at radius 1 is 1.53 bits per heavy atom. The number of thiophene rings is 1. The molecule has 2 rings (SSSR count). The topological polar surface area (TPSA) is 55.1 Å². The molecule has 0 bridgehead atoms. The first kappa shape index (κ1) is 12.4. The fourth-order valence-corrected chi connectivity index (χ4v) is 3.13. The third-order valence-corrected chi connectivity index (χ3v) is 4.38. The Labute approximate surface area is 106 Å². The maximum Gasteiger partial charge on any atom is 0.171 e. The summed E-state index contributed by atoms with van der Waals surface area (Å²) >= 11 is 1.53. The van der Waals surface area contributed by atoms with Gasteiger partial charge in [0.15, 0.2) is 5.78 Å². The molecule has 0 spiro atoms. The Bertz CT molecular complexity index is 421. The molecule has 1 aliphatic rings. The molecular formula is C13H20N2OS. The van der Waals surface area contributed by atoms with Crippen LogP contribution in [-0.2, 0) is 0 Å². The molecule has 4 heteroatoms. The quantitative estimate of drug-likeness (QED) is 0.600. The predicted octanol–water partition coefficient (Wildman–Crippen LogP) is 3.62. The van der Waals surface area contributed by atoms with E-state index < -0.39 is 0 Å². The van der Waals surface area contributed by atoms with Crippen LogP contribution < -0.4 is 11.1 Å². The van der Waals surface area contributed by atoms with Gasteiger partial charge in [-0.1, -0.05) is 13.3 Å². The fraction of sp³-hybridized carbons (Fsp3) is 0.615. The van der Waals surface area contributed by atoms with Gasteiger partial charge in [0.1, 0.15) is 0 Å². The Hall–Kier alpha value is -1.03. The molecule has 3 nitrogen and oxygen atoms in total. The standard InChI is InChI=1S/C13H20N2OS/c1-3-4-7-15-13-10(9-5-6-9)11(14)12(17-13)8(2)16/h9,15H,3-7,14H2,1-2H3. The summed E-state index contributed by atoms with van der Waals surface area (Å²) in [6, 6.07) is 0. The first-order valence-electron chi connectivity index (χ1n) is 6.32. The van der Waals surface area contributed by atoms with E-state index in [1.54, 1.807) is 6.92 Å². The number of nitrogen functional groups attached to an aromatic ring is 1. The molecule has 1 aromatic rings. The molecule has 0 aliphatic heterocycles. The van der Waals surface area contributed by atoms with E-state index in [0.717, 1.165) is 28.5 Å². The van der Waals surface area contributed by atoms with Gasteiger partial charge in [0, 0.05) is 19.0 Å². The molecule has 1 heterocycles. The van der Waals surface area contributed by atoms with Gasteiger partial charge >= 0.3 is 0 Å². The second-order valence-corrected chi connectivity index (χ2v) is 5.72. The lowest BCUT2D eigenvalue weighted by atomic mass is 10.1. The minimum Gasteiger partial charge on any atom is -0.397 e. The van der Waals surface area contributed by atoms with Crippen molar-refractivity contribution >= 4 is 27.8 Å². The van der Waals surface area contributed by atoms with Crippen LogP contribution in [0, 0.1) is 0 Å². The highest BCUT2D eigenvalue weighted by Crippen LogP contribution is 2.50. The highest BCUT2D eigenvalue weighted by atomic mass is 32.1. The molecule has 0 aromatic carbocycles. The third-order valence-electron chi connectivity index (χ3n) is 3.10. The van der Waals surface area contributed by atoms with Crippen LogP contribution in [0.2, 0.25) is 0 Å². The maximum atomic E-state index is 11.5. The van der Waals surface area contributed by atoms with Crippen LogP contribution in [-0.4, -0.2) is 12.3 Å². The second kappa shape index (κ2) is 5.08. The molecule has 17 heavy (non-hydrogen) atoms. The smallest absolute Gasteiger partial charge is 0.171 e. The number of nitrogens with two attached hydrogens (primary N) is 1. The number of unbranched alkanes of at least 4 members (excludes halogenated alkanes) is 1. The molecule has 94 valence electrons. The largest absolute Gasteiger partial charge is 0.397 e. The highest BCUT2D eigenvalue weighted by molar-refractivity contribution is 7.18. The molecule has 1 aliphatic carbocycles. The number of ketones is 1. The normalized spacial score (nSPS) is 14.9. The Balaban J connectivity index is 2.23. The Kier molecular flexibility index (Phi) is 3.72. The van der Waals surface area contributed by atoms with Gasteiger partial charge in [-0.05, 0) is 25.2 Å². The second-order valence-electron chi connectivity index (χ2n) is 4.70. The molecule has 0 atom stereocenters. The number of carbonyl (C=O) groups is 1. The number of rotatable bonds is 6. The summed E-state index contributed by atoms with van der Waals surface area (Å²) < 4.78 is 0.